The highest BCUT2D eigenvalue weighted by atomic mass is 35.5. The van der Waals surface area contributed by atoms with Gasteiger partial charge in [-0.1, -0.05) is 24.6 Å². The van der Waals surface area contributed by atoms with Crippen LogP contribution in [0.3, 0.4) is 0 Å². The first-order valence-corrected chi connectivity index (χ1v) is 5.58. The topological polar surface area (TPSA) is 32.3 Å². The molecule has 1 rings (SSSR count). The zero-order valence-corrected chi connectivity index (χ0v) is 10.0. The molecular formula is C12H18ClNO. The van der Waals surface area contributed by atoms with Gasteiger partial charge in [0.1, 0.15) is 0 Å². The molecule has 0 saturated carbocycles. The van der Waals surface area contributed by atoms with Crippen molar-refractivity contribution in [3.8, 4) is 0 Å². The van der Waals surface area contributed by atoms with E-state index in [2.05, 4.69) is 12.2 Å². The van der Waals surface area contributed by atoms with Crippen molar-refractivity contribution in [2.75, 3.05) is 13.2 Å². The molecule has 1 unspecified atom stereocenters. The maximum atomic E-state index is 8.87. The van der Waals surface area contributed by atoms with Crippen LogP contribution < -0.4 is 5.32 Å². The Morgan fingerprint density at radius 3 is 2.80 bits per heavy atom. The van der Waals surface area contributed by atoms with E-state index in [0.717, 1.165) is 18.1 Å². The SMILES string of the molecule is Cc1cc(Cl)ccc1CNCC(C)CO. The number of aryl methyl sites for hydroxylation is 1. The second kappa shape index (κ2) is 6.11. The summed E-state index contributed by atoms with van der Waals surface area (Å²) >= 11 is 5.87. The highest BCUT2D eigenvalue weighted by molar-refractivity contribution is 6.30. The van der Waals surface area contributed by atoms with Gasteiger partial charge in [0, 0.05) is 24.7 Å². The number of nitrogens with one attached hydrogen (secondary N) is 1. The molecule has 0 radical (unpaired) electrons. The molecule has 0 spiro atoms. The van der Waals surface area contributed by atoms with Gasteiger partial charge in [-0.15, -0.1) is 0 Å². The van der Waals surface area contributed by atoms with Crippen molar-refractivity contribution in [1.82, 2.24) is 5.32 Å². The third-order valence-electron chi connectivity index (χ3n) is 2.42. The van der Waals surface area contributed by atoms with Gasteiger partial charge in [-0.05, 0) is 36.1 Å². The molecule has 1 aromatic carbocycles. The van der Waals surface area contributed by atoms with Crippen LogP contribution in [0.5, 0.6) is 0 Å². The minimum absolute atomic E-state index is 0.229. The average molecular weight is 228 g/mol. The Kier molecular flexibility index (Phi) is 5.09. The molecule has 3 heteroatoms. The zero-order chi connectivity index (χ0) is 11.3. The summed E-state index contributed by atoms with van der Waals surface area (Å²) in [6.07, 6.45) is 0. The predicted molar refractivity (Wildman–Crippen MR) is 64.1 cm³/mol. The average Bonchev–Trinajstić information content (AvgIpc) is 2.21. The number of rotatable bonds is 5. The first kappa shape index (κ1) is 12.5. The third-order valence-corrected chi connectivity index (χ3v) is 2.66. The fourth-order valence-electron chi connectivity index (χ4n) is 1.38. The lowest BCUT2D eigenvalue weighted by Gasteiger charge is -2.11. The smallest absolute Gasteiger partial charge is 0.0468 e. The summed E-state index contributed by atoms with van der Waals surface area (Å²) in [6.45, 7) is 5.96. The molecule has 0 aliphatic carbocycles. The van der Waals surface area contributed by atoms with Gasteiger partial charge in [-0.25, -0.2) is 0 Å². The van der Waals surface area contributed by atoms with Crippen molar-refractivity contribution < 1.29 is 5.11 Å². The van der Waals surface area contributed by atoms with Gasteiger partial charge in [-0.2, -0.15) is 0 Å². The lowest BCUT2D eigenvalue weighted by molar-refractivity contribution is 0.233. The predicted octanol–water partition coefficient (Wildman–Crippen LogP) is 2.37. The Hall–Kier alpha value is -0.570. The quantitative estimate of drug-likeness (QED) is 0.810. The Morgan fingerprint density at radius 1 is 1.47 bits per heavy atom. The molecule has 84 valence electrons. The summed E-state index contributed by atoms with van der Waals surface area (Å²) in [7, 11) is 0. The summed E-state index contributed by atoms with van der Waals surface area (Å²) in [4.78, 5) is 0. The van der Waals surface area contributed by atoms with Crippen molar-refractivity contribution in [3.63, 3.8) is 0 Å². The number of benzene rings is 1. The van der Waals surface area contributed by atoms with E-state index < -0.39 is 0 Å². The standard InChI is InChI=1S/C12H18ClNO/c1-9(8-15)6-14-7-11-3-4-12(13)5-10(11)2/h3-5,9,14-15H,6-8H2,1-2H3. The molecule has 2 nitrogen and oxygen atoms in total. The molecule has 0 bridgehead atoms. The van der Waals surface area contributed by atoms with Crippen LogP contribution in [-0.4, -0.2) is 18.3 Å². The normalized spacial score (nSPS) is 12.8. The number of aliphatic hydroxyl groups excluding tert-OH is 1. The Morgan fingerprint density at radius 2 is 2.20 bits per heavy atom. The van der Waals surface area contributed by atoms with Crippen LogP contribution in [0.15, 0.2) is 18.2 Å². The van der Waals surface area contributed by atoms with Crippen LogP contribution in [0.2, 0.25) is 5.02 Å². The molecule has 1 aromatic rings. The number of halogens is 1. The molecule has 0 aromatic heterocycles. The van der Waals surface area contributed by atoms with Crippen LogP contribution in [0.4, 0.5) is 0 Å². The second-order valence-electron chi connectivity index (χ2n) is 3.99. The fraction of sp³-hybridized carbons (Fsp3) is 0.500. The highest BCUT2D eigenvalue weighted by Crippen LogP contribution is 2.14. The van der Waals surface area contributed by atoms with E-state index in [-0.39, 0.29) is 6.61 Å². The van der Waals surface area contributed by atoms with E-state index in [4.69, 9.17) is 16.7 Å². The van der Waals surface area contributed by atoms with Gasteiger partial charge in [-0.3, -0.25) is 0 Å². The van der Waals surface area contributed by atoms with Gasteiger partial charge >= 0.3 is 0 Å². The van der Waals surface area contributed by atoms with Gasteiger partial charge in [0.15, 0.2) is 0 Å². The highest BCUT2D eigenvalue weighted by Gasteiger charge is 2.01. The Bertz CT molecular complexity index is 314. The lowest BCUT2D eigenvalue weighted by atomic mass is 10.1. The Labute approximate surface area is 96.3 Å². The molecule has 0 saturated heterocycles. The van der Waals surface area contributed by atoms with Gasteiger partial charge < -0.3 is 10.4 Å². The van der Waals surface area contributed by atoms with Gasteiger partial charge in [0.25, 0.3) is 0 Å². The zero-order valence-electron chi connectivity index (χ0n) is 9.26. The van der Waals surface area contributed by atoms with Crippen molar-refractivity contribution in [3.05, 3.63) is 34.3 Å². The van der Waals surface area contributed by atoms with Gasteiger partial charge in [0.2, 0.25) is 0 Å². The molecule has 0 aliphatic rings. The van der Waals surface area contributed by atoms with E-state index in [0.29, 0.717) is 5.92 Å². The summed E-state index contributed by atoms with van der Waals surface area (Å²) in [6, 6.07) is 5.91. The van der Waals surface area contributed by atoms with Crippen molar-refractivity contribution in [2.24, 2.45) is 5.92 Å². The fourth-order valence-corrected chi connectivity index (χ4v) is 1.60. The van der Waals surface area contributed by atoms with E-state index in [1.807, 2.05) is 25.1 Å². The molecule has 0 amide bonds. The lowest BCUT2D eigenvalue weighted by Crippen LogP contribution is -2.23. The minimum Gasteiger partial charge on any atom is -0.396 e. The number of hydrogen-bond acceptors (Lipinski definition) is 2. The van der Waals surface area contributed by atoms with Gasteiger partial charge in [0.05, 0.1) is 0 Å². The van der Waals surface area contributed by atoms with Crippen molar-refractivity contribution in [1.29, 1.82) is 0 Å². The molecule has 1 atom stereocenters. The number of hydrogen-bond donors (Lipinski definition) is 2. The first-order chi connectivity index (χ1) is 7.13. The summed E-state index contributed by atoms with van der Waals surface area (Å²) in [5.41, 5.74) is 2.45. The second-order valence-corrected chi connectivity index (χ2v) is 4.43. The molecule has 0 heterocycles. The minimum atomic E-state index is 0.229. The Balaban J connectivity index is 2.44. The monoisotopic (exact) mass is 227 g/mol. The summed E-state index contributed by atoms with van der Waals surface area (Å²) in [5, 5.41) is 13.0. The summed E-state index contributed by atoms with van der Waals surface area (Å²) < 4.78 is 0. The molecule has 2 N–H and O–H groups in total. The third kappa shape index (κ3) is 4.20. The molecule has 0 fully saturated rings. The van der Waals surface area contributed by atoms with Crippen LogP contribution in [0.25, 0.3) is 0 Å². The van der Waals surface area contributed by atoms with Crippen molar-refractivity contribution >= 4 is 11.6 Å². The van der Waals surface area contributed by atoms with Crippen molar-refractivity contribution in [2.45, 2.75) is 20.4 Å². The summed E-state index contributed by atoms with van der Waals surface area (Å²) in [5.74, 6) is 0.303. The molecular weight excluding hydrogens is 210 g/mol. The maximum Gasteiger partial charge on any atom is 0.0468 e. The molecule has 0 aliphatic heterocycles. The largest absolute Gasteiger partial charge is 0.396 e. The van der Waals surface area contributed by atoms with E-state index in [1.165, 1.54) is 11.1 Å². The first-order valence-electron chi connectivity index (χ1n) is 5.20. The van der Waals surface area contributed by atoms with E-state index >= 15 is 0 Å². The van der Waals surface area contributed by atoms with Crippen LogP contribution in [-0.2, 0) is 6.54 Å². The van der Waals surface area contributed by atoms with E-state index in [1.54, 1.807) is 0 Å². The molecule has 15 heavy (non-hydrogen) atoms. The van der Waals surface area contributed by atoms with Crippen LogP contribution in [0.1, 0.15) is 18.1 Å². The van der Waals surface area contributed by atoms with E-state index in [9.17, 15) is 0 Å². The van der Waals surface area contributed by atoms with Crippen LogP contribution >= 0.6 is 11.6 Å². The maximum absolute atomic E-state index is 8.87. The van der Waals surface area contributed by atoms with Crippen LogP contribution in [0, 0.1) is 12.8 Å². The number of aliphatic hydroxyl groups is 1.